The summed E-state index contributed by atoms with van der Waals surface area (Å²) in [5, 5.41) is 3.33. The standard InChI is InChI=1S/C16H15ClN2O2/c17-14-8-4-7-13(18-14)16(9-10-16)19-15(20)21-11-12-5-2-1-3-6-12/h1-8H,9-11H2,(H,19,20). The van der Waals surface area contributed by atoms with Crippen LogP contribution >= 0.6 is 11.6 Å². The predicted molar refractivity (Wildman–Crippen MR) is 79.9 cm³/mol. The van der Waals surface area contributed by atoms with Crippen molar-refractivity contribution in [2.75, 3.05) is 0 Å². The maximum absolute atomic E-state index is 11.9. The second-order valence-electron chi connectivity index (χ2n) is 5.11. The minimum atomic E-state index is -0.432. The number of pyridine rings is 1. The number of alkyl carbamates (subject to hydrolysis) is 1. The lowest BCUT2D eigenvalue weighted by atomic mass is 10.1. The number of hydrogen-bond donors (Lipinski definition) is 1. The third-order valence-corrected chi connectivity index (χ3v) is 3.72. The lowest BCUT2D eigenvalue weighted by Crippen LogP contribution is -2.35. The number of halogens is 1. The van der Waals surface area contributed by atoms with Gasteiger partial charge in [-0.25, -0.2) is 9.78 Å². The van der Waals surface area contributed by atoms with E-state index in [0.29, 0.717) is 5.15 Å². The molecule has 0 spiro atoms. The summed E-state index contributed by atoms with van der Waals surface area (Å²) in [4.78, 5) is 16.2. The maximum atomic E-state index is 11.9. The van der Waals surface area contributed by atoms with Gasteiger partial charge >= 0.3 is 6.09 Å². The van der Waals surface area contributed by atoms with Crippen molar-refractivity contribution in [3.05, 3.63) is 64.9 Å². The first kappa shape index (κ1) is 13.9. The van der Waals surface area contributed by atoms with E-state index < -0.39 is 11.6 Å². The lowest BCUT2D eigenvalue weighted by molar-refractivity contribution is 0.134. The Morgan fingerprint density at radius 2 is 1.95 bits per heavy atom. The Balaban J connectivity index is 1.60. The smallest absolute Gasteiger partial charge is 0.408 e. The Morgan fingerprint density at radius 1 is 1.19 bits per heavy atom. The van der Waals surface area contributed by atoms with Gasteiger partial charge in [-0.1, -0.05) is 48.0 Å². The molecule has 1 amide bonds. The summed E-state index contributed by atoms with van der Waals surface area (Å²) in [5.74, 6) is 0. The topological polar surface area (TPSA) is 51.2 Å². The van der Waals surface area contributed by atoms with E-state index in [9.17, 15) is 4.79 Å². The van der Waals surface area contributed by atoms with Crippen LogP contribution in [-0.2, 0) is 16.9 Å². The van der Waals surface area contributed by atoms with E-state index in [1.54, 1.807) is 6.07 Å². The maximum Gasteiger partial charge on any atom is 0.408 e. The molecule has 3 rings (SSSR count). The van der Waals surface area contributed by atoms with Crippen LogP contribution in [0.3, 0.4) is 0 Å². The Hall–Kier alpha value is -2.07. The molecule has 1 fully saturated rings. The third-order valence-electron chi connectivity index (χ3n) is 3.51. The van der Waals surface area contributed by atoms with E-state index in [1.165, 1.54) is 0 Å². The molecule has 1 aliphatic carbocycles. The number of rotatable bonds is 4. The van der Waals surface area contributed by atoms with Crippen LogP contribution in [0.15, 0.2) is 48.5 Å². The van der Waals surface area contributed by atoms with Gasteiger partial charge in [0.2, 0.25) is 0 Å². The number of amides is 1. The SMILES string of the molecule is O=C(NC1(c2cccc(Cl)n2)CC1)OCc1ccccc1. The van der Waals surface area contributed by atoms with Crippen molar-refractivity contribution in [3.63, 3.8) is 0 Å². The van der Waals surface area contributed by atoms with Crippen LogP contribution in [-0.4, -0.2) is 11.1 Å². The monoisotopic (exact) mass is 302 g/mol. The fraction of sp³-hybridized carbons (Fsp3) is 0.250. The molecule has 1 aliphatic rings. The highest BCUT2D eigenvalue weighted by Gasteiger charge is 2.47. The second-order valence-corrected chi connectivity index (χ2v) is 5.50. The first-order chi connectivity index (χ1) is 10.2. The number of nitrogens with zero attached hydrogens (tertiary/aromatic N) is 1. The molecule has 1 aromatic carbocycles. The summed E-state index contributed by atoms with van der Waals surface area (Å²) in [6, 6.07) is 15.0. The summed E-state index contributed by atoms with van der Waals surface area (Å²) >= 11 is 5.90. The van der Waals surface area contributed by atoms with E-state index in [2.05, 4.69) is 10.3 Å². The van der Waals surface area contributed by atoms with Gasteiger partial charge in [0.15, 0.2) is 0 Å². The van der Waals surface area contributed by atoms with Gasteiger partial charge in [-0.2, -0.15) is 0 Å². The molecule has 1 heterocycles. The fourth-order valence-electron chi connectivity index (χ4n) is 2.20. The summed E-state index contributed by atoms with van der Waals surface area (Å²) in [7, 11) is 0. The predicted octanol–water partition coefficient (Wildman–Crippen LogP) is 3.65. The molecule has 1 aromatic heterocycles. The molecule has 0 unspecified atom stereocenters. The summed E-state index contributed by atoms with van der Waals surface area (Å²) in [6.07, 6.45) is 1.26. The molecule has 1 N–H and O–H groups in total. The van der Waals surface area contributed by atoms with Crippen LogP contribution in [0, 0.1) is 0 Å². The third kappa shape index (κ3) is 3.34. The second kappa shape index (κ2) is 5.74. The van der Waals surface area contributed by atoms with Crippen molar-refractivity contribution in [1.82, 2.24) is 10.3 Å². The largest absolute Gasteiger partial charge is 0.445 e. The Labute approximate surface area is 128 Å². The van der Waals surface area contributed by atoms with Crippen molar-refractivity contribution < 1.29 is 9.53 Å². The molecular formula is C16H15ClN2O2. The van der Waals surface area contributed by atoms with Gasteiger partial charge in [-0.3, -0.25) is 0 Å². The molecule has 0 saturated heterocycles. The summed E-state index contributed by atoms with van der Waals surface area (Å²) < 4.78 is 5.24. The summed E-state index contributed by atoms with van der Waals surface area (Å²) in [6.45, 7) is 0.256. The van der Waals surface area contributed by atoms with Gasteiger partial charge in [0.25, 0.3) is 0 Å². The van der Waals surface area contributed by atoms with Crippen molar-refractivity contribution in [3.8, 4) is 0 Å². The van der Waals surface area contributed by atoms with Crippen LogP contribution in [0.1, 0.15) is 24.1 Å². The van der Waals surface area contributed by atoms with Gasteiger partial charge in [-0.05, 0) is 30.5 Å². The highest BCUT2D eigenvalue weighted by molar-refractivity contribution is 6.29. The normalized spacial score (nSPS) is 15.3. The Kier molecular flexibility index (Phi) is 3.80. The Bertz CT molecular complexity index is 642. The van der Waals surface area contributed by atoms with Crippen LogP contribution in [0.2, 0.25) is 5.15 Å². The molecule has 108 valence electrons. The van der Waals surface area contributed by atoms with Crippen molar-refractivity contribution in [2.45, 2.75) is 25.0 Å². The van der Waals surface area contributed by atoms with Gasteiger partial charge in [0.1, 0.15) is 11.8 Å². The number of aromatic nitrogens is 1. The lowest BCUT2D eigenvalue weighted by Gasteiger charge is -2.17. The minimum absolute atomic E-state index is 0.256. The number of carbonyl (C=O) groups excluding carboxylic acids is 1. The molecule has 4 nitrogen and oxygen atoms in total. The average molecular weight is 303 g/mol. The van der Waals surface area contributed by atoms with Crippen molar-refractivity contribution >= 4 is 17.7 Å². The van der Waals surface area contributed by atoms with E-state index in [1.807, 2.05) is 42.5 Å². The molecule has 0 bridgehead atoms. The number of ether oxygens (including phenoxy) is 1. The number of hydrogen-bond acceptors (Lipinski definition) is 3. The molecule has 5 heteroatoms. The van der Waals surface area contributed by atoms with Crippen LogP contribution < -0.4 is 5.32 Å². The molecule has 1 saturated carbocycles. The zero-order chi connectivity index (χ0) is 14.7. The zero-order valence-electron chi connectivity index (χ0n) is 11.4. The van der Waals surface area contributed by atoms with Crippen molar-refractivity contribution in [1.29, 1.82) is 0 Å². The zero-order valence-corrected chi connectivity index (χ0v) is 12.1. The molecule has 0 atom stereocenters. The molecule has 0 aliphatic heterocycles. The highest BCUT2D eigenvalue weighted by atomic mass is 35.5. The highest BCUT2D eigenvalue weighted by Crippen LogP contribution is 2.44. The van der Waals surface area contributed by atoms with E-state index in [4.69, 9.17) is 16.3 Å². The molecule has 21 heavy (non-hydrogen) atoms. The quantitative estimate of drug-likeness (QED) is 0.877. The molecule has 2 aromatic rings. The van der Waals surface area contributed by atoms with Gasteiger partial charge in [0, 0.05) is 0 Å². The number of benzene rings is 1. The van der Waals surface area contributed by atoms with Gasteiger partial charge < -0.3 is 10.1 Å². The van der Waals surface area contributed by atoms with Crippen molar-refractivity contribution in [2.24, 2.45) is 0 Å². The van der Waals surface area contributed by atoms with E-state index >= 15 is 0 Å². The van der Waals surface area contributed by atoms with Gasteiger partial charge in [-0.15, -0.1) is 0 Å². The fourth-order valence-corrected chi connectivity index (χ4v) is 2.36. The van der Waals surface area contributed by atoms with Gasteiger partial charge in [0.05, 0.1) is 11.2 Å². The van der Waals surface area contributed by atoms with Crippen LogP contribution in [0.4, 0.5) is 4.79 Å². The first-order valence-electron chi connectivity index (χ1n) is 6.80. The molecular weight excluding hydrogens is 288 g/mol. The van der Waals surface area contributed by atoms with Crippen LogP contribution in [0.25, 0.3) is 0 Å². The van der Waals surface area contributed by atoms with Crippen LogP contribution in [0.5, 0.6) is 0 Å². The summed E-state index contributed by atoms with van der Waals surface area (Å²) in [5.41, 5.74) is 1.32. The number of nitrogens with one attached hydrogen (secondary N) is 1. The molecule has 0 radical (unpaired) electrons. The van der Waals surface area contributed by atoms with E-state index in [0.717, 1.165) is 24.1 Å². The Morgan fingerprint density at radius 3 is 2.62 bits per heavy atom. The minimum Gasteiger partial charge on any atom is -0.445 e. The van der Waals surface area contributed by atoms with E-state index in [-0.39, 0.29) is 6.61 Å². The average Bonchev–Trinajstić information content (AvgIpc) is 3.27. The first-order valence-corrected chi connectivity index (χ1v) is 7.18. The number of carbonyl (C=O) groups is 1.